The molecule has 3 amide bonds. The molecule has 0 bridgehead atoms. The summed E-state index contributed by atoms with van der Waals surface area (Å²) in [6.45, 7) is 0. The second kappa shape index (κ2) is 3.91. The molecule has 1 atom stereocenters. The number of hydrogen-bond donors (Lipinski definition) is 2. The molecule has 0 aromatic rings. The van der Waals surface area contributed by atoms with E-state index in [9.17, 15) is 19.2 Å². The Morgan fingerprint density at radius 1 is 1.33 bits per heavy atom. The molecule has 1 unspecified atom stereocenters. The minimum atomic E-state index is -1.53. The third kappa shape index (κ3) is 2.19. The largest absolute Gasteiger partial charge is 0.480 e. The first-order valence-electron chi connectivity index (χ1n) is 4.00. The SMILES string of the molecule is NC(=O)CC(C(=O)O)N1C(=O)C=CC1=O. The van der Waals surface area contributed by atoms with Crippen LogP contribution in [0.25, 0.3) is 0 Å². The third-order valence-corrected chi connectivity index (χ3v) is 1.83. The molecule has 0 radical (unpaired) electrons. The van der Waals surface area contributed by atoms with Crippen molar-refractivity contribution in [3.63, 3.8) is 0 Å². The number of nitrogens with zero attached hydrogens (tertiary/aromatic N) is 1. The lowest BCUT2D eigenvalue weighted by Gasteiger charge is -2.20. The average Bonchev–Trinajstić information content (AvgIpc) is 2.42. The Labute approximate surface area is 84.1 Å². The maximum absolute atomic E-state index is 11.1. The minimum Gasteiger partial charge on any atom is -0.480 e. The zero-order chi connectivity index (χ0) is 11.6. The monoisotopic (exact) mass is 212 g/mol. The highest BCUT2D eigenvalue weighted by Gasteiger charge is 2.36. The van der Waals surface area contributed by atoms with E-state index in [1.54, 1.807) is 0 Å². The third-order valence-electron chi connectivity index (χ3n) is 1.83. The maximum Gasteiger partial charge on any atom is 0.327 e. The Balaban J connectivity index is 2.90. The Morgan fingerprint density at radius 2 is 1.80 bits per heavy atom. The molecule has 1 heterocycles. The van der Waals surface area contributed by atoms with Gasteiger partial charge in [-0.25, -0.2) is 4.79 Å². The van der Waals surface area contributed by atoms with E-state index in [1.165, 1.54) is 0 Å². The number of carbonyl (C=O) groups excluding carboxylic acids is 3. The van der Waals surface area contributed by atoms with E-state index in [-0.39, 0.29) is 0 Å². The standard InChI is InChI=1S/C8H8N2O5/c9-5(11)3-4(8(14)15)10-6(12)1-2-7(10)13/h1-2,4H,3H2,(H2,9,11)(H,14,15). The van der Waals surface area contributed by atoms with Gasteiger partial charge in [-0.15, -0.1) is 0 Å². The van der Waals surface area contributed by atoms with E-state index in [2.05, 4.69) is 0 Å². The first-order chi connectivity index (χ1) is 6.93. The zero-order valence-electron chi connectivity index (χ0n) is 7.54. The van der Waals surface area contributed by atoms with E-state index in [1.807, 2.05) is 0 Å². The molecule has 7 nitrogen and oxygen atoms in total. The lowest BCUT2D eigenvalue weighted by molar-refractivity contribution is -0.154. The first kappa shape index (κ1) is 10.9. The van der Waals surface area contributed by atoms with Gasteiger partial charge in [-0.05, 0) is 0 Å². The normalized spacial score (nSPS) is 16.9. The second-order valence-corrected chi connectivity index (χ2v) is 2.90. The molecule has 0 aliphatic carbocycles. The second-order valence-electron chi connectivity index (χ2n) is 2.90. The molecule has 0 aromatic heterocycles. The van der Waals surface area contributed by atoms with Gasteiger partial charge in [0, 0.05) is 12.2 Å². The molecule has 7 heteroatoms. The van der Waals surface area contributed by atoms with Gasteiger partial charge in [0.1, 0.15) is 6.04 Å². The van der Waals surface area contributed by atoms with Crippen LogP contribution in [0, 0.1) is 0 Å². The van der Waals surface area contributed by atoms with Gasteiger partial charge in [-0.3, -0.25) is 19.3 Å². The van der Waals surface area contributed by atoms with Crippen LogP contribution < -0.4 is 5.73 Å². The number of primary amides is 1. The molecule has 1 aliphatic heterocycles. The topological polar surface area (TPSA) is 118 Å². The Kier molecular flexibility index (Phi) is 2.84. The molecule has 15 heavy (non-hydrogen) atoms. The number of amides is 3. The molecule has 1 rings (SSSR count). The predicted octanol–water partition coefficient (Wildman–Crippen LogP) is -1.76. The van der Waals surface area contributed by atoms with E-state index in [0.717, 1.165) is 12.2 Å². The van der Waals surface area contributed by atoms with Crippen molar-refractivity contribution in [2.24, 2.45) is 5.73 Å². The molecule has 1 aliphatic rings. The summed E-state index contributed by atoms with van der Waals surface area (Å²) in [5.41, 5.74) is 4.82. The van der Waals surface area contributed by atoms with Crippen LogP contribution in [0.2, 0.25) is 0 Å². The van der Waals surface area contributed by atoms with E-state index in [0.29, 0.717) is 4.90 Å². The number of imide groups is 1. The Morgan fingerprint density at radius 3 is 2.13 bits per heavy atom. The minimum absolute atomic E-state index is 0.493. The Hall–Kier alpha value is -2.18. The highest BCUT2D eigenvalue weighted by Crippen LogP contribution is 2.12. The molecule has 0 spiro atoms. The number of carboxylic acids is 1. The van der Waals surface area contributed by atoms with Crippen LogP contribution in [0.5, 0.6) is 0 Å². The highest BCUT2D eigenvalue weighted by molar-refractivity contribution is 6.15. The van der Waals surface area contributed by atoms with Crippen LogP contribution in [0.4, 0.5) is 0 Å². The number of hydrogen-bond acceptors (Lipinski definition) is 4. The van der Waals surface area contributed by atoms with Crippen molar-refractivity contribution in [2.45, 2.75) is 12.5 Å². The summed E-state index contributed by atoms with van der Waals surface area (Å²) < 4.78 is 0. The number of carboxylic acid groups (broad SMARTS) is 1. The summed E-state index contributed by atoms with van der Waals surface area (Å²) in [5, 5.41) is 8.74. The maximum atomic E-state index is 11.1. The molecule has 80 valence electrons. The smallest absolute Gasteiger partial charge is 0.327 e. The van der Waals surface area contributed by atoms with Crippen LogP contribution in [-0.2, 0) is 19.2 Å². The van der Waals surface area contributed by atoms with Gasteiger partial charge < -0.3 is 10.8 Å². The van der Waals surface area contributed by atoms with Gasteiger partial charge in [0.25, 0.3) is 11.8 Å². The van der Waals surface area contributed by atoms with Gasteiger partial charge in [-0.1, -0.05) is 0 Å². The van der Waals surface area contributed by atoms with E-state index < -0.39 is 36.2 Å². The fourth-order valence-electron chi connectivity index (χ4n) is 1.20. The first-order valence-corrected chi connectivity index (χ1v) is 4.00. The van der Waals surface area contributed by atoms with Crippen LogP contribution >= 0.6 is 0 Å². The van der Waals surface area contributed by atoms with Crippen molar-refractivity contribution >= 4 is 23.7 Å². The summed E-state index contributed by atoms with van der Waals surface area (Å²) in [6.07, 6.45) is 1.30. The quantitative estimate of drug-likeness (QED) is 0.535. The summed E-state index contributed by atoms with van der Waals surface area (Å²) in [7, 11) is 0. The lowest BCUT2D eigenvalue weighted by atomic mass is 10.1. The predicted molar refractivity (Wildman–Crippen MR) is 46.2 cm³/mol. The lowest BCUT2D eigenvalue weighted by Crippen LogP contribution is -2.46. The van der Waals surface area contributed by atoms with E-state index in [4.69, 9.17) is 10.8 Å². The van der Waals surface area contributed by atoms with Gasteiger partial charge in [0.2, 0.25) is 5.91 Å². The fraction of sp³-hybridized carbons (Fsp3) is 0.250. The number of rotatable bonds is 4. The van der Waals surface area contributed by atoms with Crippen molar-refractivity contribution in [3.05, 3.63) is 12.2 Å². The summed E-state index contributed by atoms with van der Waals surface area (Å²) in [6, 6.07) is -1.53. The number of nitrogens with two attached hydrogens (primary N) is 1. The van der Waals surface area contributed by atoms with Crippen molar-refractivity contribution in [2.75, 3.05) is 0 Å². The highest BCUT2D eigenvalue weighted by atomic mass is 16.4. The molecule has 3 N–H and O–H groups in total. The molecular weight excluding hydrogens is 204 g/mol. The number of aliphatic carboxylic acids is 1. The van der Waals surface area contributed by atoms with Crippen molar-refractivity contribution < 1.29 is 24.3 Å². The molecule has 0 saturated carbocycles. The van der Waals surface area contributed by atoms with Crippen molar-refractivity contribution in [1.29, 1.82) is 0 Å². The van der Waals surface area contributed by atoms with Crippen molar-refractivity contribution in [3.8, 4) is 0 Å². The average molecular weight is 212 g/mol. The van der Waals surface area contributed by atoms with Gasteiger partial charge in [0.05, 0.1) is 6.42 Å². The van der Waals surface area contributed by atoms with Crippen LogP contribution in [0.1, 0.15) is 6.42 Å². The van der Waals surface area contributed by atoms with Gasteiger partial charge in [-0.2, -0.15) is 0 Å². The zero-order valence-corrected chi connectivity index (χ0v) is 7.54. The summed E-state index contributed by atoms with van der Waals surface area (Å²) >= 11 is 0. The van der Waals surface area contributed by atoms with Gasteiger partial charge >= 0.3 is 5.97 Å². The molecule has 0 aromatic carbocycles. The molecular formula is C8H8N2O5. The van der Waals surface area contributed by atoms with E-state index >= 15 is 0 Å². The number of carbonyl (C=O) groups is 4. The van der Waals surface area contributed by atoms with Crippen LogP contribution in [-0.4, -0.2) is 39.7 Å². The van der Waals surface area contributed by atoms with Crippen LogP contribution in [0.15, 0.2) is 12.2 Å². The van der Waals surface area contributed by atoms with Crippen molar-refractivity contribution in [1.82, 2.24) is 4.90 Å². The van der Waals surface area contributed by atoms with Gasteiger partial charge in [0.15, 0.2) is 0 Å². The molecule has 0 saturated heterocycles. The van der Waals surface area contributed by atoms with Crippen LogP contribution in [0.3, 0.4) is 0 Å². The Bertz CT molecular complexity index is 355. The summed E-state index contributed by atoms with van der Waals surface area (Å²) in [5.74, 6) is -3.85. The summed E-state index contributed by atoms with van der Waals surface area (Å²) in [4.78, 5) is 44.0. The molecule has 0 fully saturated rings. The fourth-order valence-corrected chi connectivity index (χ4v) is 1.20.